The molecule has 2 rings (SSSR count). The molecule has 0 bridgehead atoms. The molecule has 3 nitrogen and oxygen atoms in total. The number of esters is 1. The van der Waals surface area contributed by atoms with Crippen molar-refractivity contribution in [1.29, 1.82) is 0 Å². The first-order valence-electron chi connectivity index (χ1n) is 6.59. The Labute approximate surface area is 114 Å². The lowest BCUT2D eigenvalue weighted by molar-refractivity contribution is -0.150. The van der Waals surface area contributed by atoms with Gasteiger partial charge in [0.05, 0.1) is 12.5 Å². The summed E-state index contributed by atoms with van der Waals surface area (Å²) in [6.07, 6.45) is 0.536. The summed E-state index contributed by atoms with van der Waals surface area (Å²) >= 11 is 0. The maximum atomic E-state index is 11.6. The Morgan fingerprint density at radius 1 is 1.26 bits per heavy atom. The van der Waals surface area contributed by atoms with Crippen molar-refractivity contribution < 1.29 is 13.9 Å². The molecule has 0 aliphatic carbocycles. The van der Waals surface area contributed by atoms with Crippen molar-refractivity contribution >= 4 is 16.9 Å². The zero-order valence-corrected chi connectivity index (χ0v) is 12.3. The Bertz CT molecular complexity index is 505. The van der Waals surface area contributed by atoms with Crippen molar-refractivity contribution in [1.82, 2.24) is 0 Å². The van der Waals surface area contributed by atoms with Gasteiger partial charge in [-0.15, -0.1) is 0 Å². The maximum absolute atomic E-state index is 11.6. The van der Waals surface area contributed by atoms with E-state index in [0.717, 1.165) is 16.7 Å². The van der Waals surface area contributed by atoms with Gasteiger partial charge in [0.1, 0.15) is 11.3 Å². The zero-order valence-electron chi connectivity index (χ0n) is 12.3. The number of hydrogen-bond acceptors (Lipinski definition) is 3. The SMILES string of the molecule is CC.COC(=O)C(C)(C)Cc1cc2ccccc2o1. The molecule has 0 saturated carbocycles. The zero-order chi connectivity index (χ0) is 14.5. The van der Waals surface area contributed by atoms with Gasteiger partial charge in [0.15, 0.2) is 0 Å². The van der Waals surface area contributed by atoms with Gasteiger partial charge in [0.25, 0.3) is 0 Å². The Kier molecular flexibility index (Phi) is 5.16. The Hall–Kier alpha value is -1.77. The summed E-state index contributed by atoms with van der Waals surface area (Å²) in [6.45, 7) is 7.71. The number of hydrogen-bond donors (Lipinski definition) is 0. The number of carbonyl (C=O) groups is 1. The second-order valence-electron chi connectivity index (χ2n) is 4.80. The normalized spacial score (nSPS) is 10.8. The van der Waals surface area contributed by atoms with E-state index in [1.54, 1.807) is 0 Å². The third-order valence-corrected chi connectivity index (χ3v) is 2.83. The van der Waals surface area contributed by atoms with E-state index in [-0.39, 0.29) is 5.97 Å². The fourth-order valence-corrected chi connectivity index (χ4v) is 1.91. The summed E-state index contributed by atoms with van der Waals surface area (Å²) in [5, 5.41) is 1.06. The van der Waals surface area contributed by atoms with Gasteiger partial charge >= 0.3 is 5.97 Å². The number of fused-ring (bicyclic) bond motifs is 1. The number of ether oxygens (including phenoxy) is 1. The van der Waals surface area contributed by atoms with E-state index < -0.39 is 5.41 Å². The highest BCUT2D eigenvalue weighted by Crippen LogP contribution is 2.27. The molecule has 19 heavy (non-hydrogen) atoms. The largest absolute Gasteiger partial charge is 0.469 e. The van der Waals surface area contributed by atoms with Gasteiger partial charge in [0, 0.05) is 11.8 Å². The molecule has 0 fully saturated rings. The van der Waals surface area contributed by atoms with Gasteiger partial charge in [-0.25, -0.2) is 0 Å². The van der Waals surface area contributed by atoms with Crippen LogP contribution in [0.25, 0.3) is 11.0 Å². The standard InChI is InChI=1S/C14H16O3.C2H6/c1-14(2,13(15)16-3)9-11-8-10-6-4-5-7-12(10)17-11;1-2/h4-8H,9H2,1-3H3;1-2H3. The molecule has 0 radical (unpaired) electrons. The van der Waals surface area contributed by atoms with Gasteiger partial charge in [-0.2, -0.15) is 0 Å². The van der Waals surface area contributed by atoms with Crippen molar-refractivity contribution in [2.24, 2.45) is 5.41 Å². The van der Waals surface area contributed by atoms with Crippen LogP contribution >= 0.6 is 0 Å². The lowest BCUT2D eigenvalue weighted by Crippen LogP contribution is -2.27. The summed E-state index contributed by atoms with van der Waals surface area (Å²) in [6, 6.07) is 9.78. The van der Waals surface area contributed by atoms with Crippen LogP contribution in [0.5, 0.6) is 0 Å². The Morgan fingerprint density at radius 2 is 1.89 bits per heavy atom. The molecule has 3 heteroatoms. The van der Waals surface area contributed by atoms with Crippen LogP contribution in [0, 0.1) is 5.41 Å². The first-order chi connectivity index (χ1) is 9.03. The molecule has 0 unspecified atom stereocenters. The van der Waals surface area contributed by atoms with Crippen LogP contribution in [0.3, 0.4) is 0 Å². The van der Waals surface area contributed by atoms with Crippen LogP contribution in [-0.2, 0) is 16.0 Å². The van der Waals surface area contributed by atoms with Crippen molar-refractivity contribution in [2.75, 3.05) is 7.11 Å². The summed E-state index contributed by atoms with van der Waals surface area (Å²) in [5.74, 6) is 0.583. The molecule has 0 saturated heterocycles. The number of benzene rings is 1. The average molecular weight is 262 g/mol. The second kappa shape index (κ2) is 6.41. The second-order valence-corrected chi connectivity index (χ2v) is 4.80. The van der Waals surface area contributed by atoms with Gasteiger partial charge in [-0.3, -0.25) is 4.79 Å². The molecule has 1 heterocycles. The first-order valence-corrected chi connectivity index (χ1v) is 6.59. The van der Waals surface area contributed by atoms with Gasteiger partial charge < -0.3 is 9.15 Å². The van der Waals surface area contributed by atoms with E-state index in [2.05, 4.69) is 0 Å². The molecule has 1 aromatic carbocycles. The Balaban J connectivity index is 0.000000861. The molecular formula is C16H22O3. The predicted molar refractivity (Wildman–Crippen MR) is 77.1 cm³/mol. The van der Waals surface area contributed by atoms with Crippen LogP contribution in [0.4, 0.5) is 0 Å². The molecule has 0 spiro atoms. The molecule has 0 atom stereocenters. The minimum absolute atomic E-state index is 0.224. The highest BCUT2D eigenvalue weighted by molar-refractivity contribution is 5.79. The van der Waals surface area contributed by atoms with E-state index in [9.17, 15) is 4.79 Å². The molecular weight excluding hydrogens is 240 g/mol. The fourth-order valence-electron chi connectivity index (χ4n) is 1.91. The number of rotatable bonds is 3. The lowest BCUT2D eigenvalue weighted by Gasteiger charge is -2.19. The number of carbonyl (C=O) groups excluding carboxylic acids is 1. The van der Waals surface area contributed by atoms with Crippen LogP contribution in [0.1, 0.15) is 33.5 Å². The van der Waals surface area contributed by atoms with Crippen molar-refractivity contribution in [3.63, 3.8) is 0 Å². The maximum Gasteiger partial charge on any atom is 0.311 e. The van der Waals surface area contributed by atoms with Crippen LogP contribution in [0.15, 0.2) is 34.7 Å². The lowest BCUT2D eigenvalue weighted by atomic mass is 9.88. The number of para-hydroxylation sites is 1. The summed E-state index contributed by atoms with van der Waals surface area (Å²) in [4.78, 5) is 11.6. The molecule has 0 N–H and O–H groups in total. The summed E-state index contributed by atoms with van der Waals surface area (Å²) in [5.41, 5.74) is 0.283. The topological polar surface area (TPSA) is 39.4 Å². The van der Waals surface area contributed by atoms with E-state index >= 15 is 0 Å². The molecule has 104 valence electrons. The van der Waals surface area contributed by atoms with E-state index in [0.29, 0.717) is 6.42 Å². The van der Waals surface area contributed by atoms with Crippen molar-refractivity contribution in [2.45, 2.75) is 34.1 Å². The quantitative estimate of drug-likeness (QED) is 0.778. The third kappa shape index (κ3) is 3.60. The van der Waals surface area contributed by atoms with E-state index in [1.165, 1.54) is 7.11 Å². The third-order valence-electron chi connectivity index (χ3n) is 2.83. The van der Waals surface area contributed by atoms with E-state index in [1.807, 2.05) is 58.0 Å². The monoisotopic (exact) mass is 262 g/mol. The van der Waals surface area contributed by atoms with E-state index in [4.69, 9.17) is 9.15 Å². The molecule has 0 aliphatic rings. The number of furan rings is 1. The average Bonchev–Trinajstić information content (AvgIpc) is 2.81. The molecule has 1 aromatic heterocycles. The number of methoxy groups -OCH3 is 1. The van der Waals surface area contributed by atoms with Crippen LogP contribution < -0.4 is 0 Å². The molecule has 0 amide bonds. The molecule has 0 aliphatic heterocycles. The van der Waals surface area contributed by atoms with Crippen molar-refractivity contribution in [3.05, 3.63) is 36.1 Å². The predicted octanol–water partition coefficient (Wildman–Crippen LogP) is 4.20. The van der Waals surface area contributed by atoms with Gasteiger partial charge in [0.2, 0.25) is 0 Å². The first kappa shape index (κ1) is 15.3. The summed E-state index contributed by atoms with van der Waals surface area (Å²) in [7, 11) is 1.41. The minimum atomic E-state index is -0.567. The fraction of sp³-hybridized carbons (Fsp3) is 0.438. The summed E-state index contributed by atoms with van der Waals surface area (Å²) < 4.78 is 10.5. The van der Waals surface area contributed by atoms with Gasteiger partial charge in [-0.1, -0.05) is 32.0 Å². The van der Waals surface area contributed by atoms with Gasteiger partial charge in [-0.05, 0) is 26.0 Å². The highest BCUT2D eigenvalue weighted by Gasteiger charge is 2.30. The smallest absolute Gasteiger partial charge is 0.311 e. The van der Waals surface area contributed by atoms with Crippen LogP contribution in [-0.4, -0.2) is 13.1 Å². The van der Waals surface area contributed by atoms with Crippen LogP contribution in [0.2, 0.25) is 0 Å². The Morgan fingerprint density at radius 3 is 2.47 bits per heavy atom. The highest BCUT2D eigenvalue weighted by atomic mass is 16.5. The van der Waals surface area contributed by atoms with Crippen molar-refractivity contribution in [3.8, 4) is 0 Å². The molecule has 2 aromatic rings. The minimum Gasteiger partial charge on any atom is -0.469 e.